The molecule has 0 aliphatic rings. The summed E-state index contributed by atoms with van der Waals surface area (Å²) in [5, 5.41) is 5.17. The first-order chi connectivity index (χ1) is 7.38. The highest BCUT2D eigenvalue weighted by atomic mass is 32.1. The van der Waals surface area contributed by atoms with Gasteiger partial charge in [-0.15, -0.1) is 11.3 Å². The number of carbonyl (C=O) groups is 1. The molecule has 1 heterocycles. The van der Waals surface area contributed by atoms with E-state index in [1.54, 1.807) is 11.3 Å². The maximum atomic E-state index is 11.5. The minimum absolute atomic E-state index is 0.188. The van der Waals surface area contributed by atoms with Crippen molar-refractivity contribution in [2.45, 2.75) is 39.3 Å². The molecule has 1 aromatic heterocycles. The highest BCUT2D eigenvalue weighted by Gasteiger charge is 2.16. The van der Waals surface area contributed by atoms with Crippen molar-refractivity contribution in [2.75, 3.05) is 6.54 Å². The first-order valence-corrected chi connectivity index (χ1v) is 6.25. The van der Waals surface area contributed by atoms with E-state index >= 15 is 0 Å². The van der Waals surface area contributed by atoms with E-state index in [1.165, 1.54) is 4.88 Å². The van der Waals surface area contributed by atoms with Gasteiger partial charge in [-0.25, -0.2) is 0 Å². The second-order valence-corrected chi connectivity index (χ2v) is 5.68. The Hall–Kier alpha value is -0.870. The van der Waals surface area contributed by atoms with Crippen LogP contribution in [0.1, 0.15) is 38.6 Å². The Balaban J connectivity index is 2.32. The van der Waals surface area contributed by atoms with E-state index in [2.05, 4.69) is 11.4 Å². The predicted octanol–water partition coefficient (Wildman–Crippen LogP) is 2.74. The topological polar surface area (TPSA) is 38.3 Å². The molecule has 4 heteroatoms. The van der Waals surface area contributed by atoms with Gasteiger partial charge in [-0.05, 0) is 39.1 Å². The summed E-state index contributed by atoms with van der Waals surface area (Å²) in [4.78, 5) is 12.7. The van der Waals surface area contributed by atoms with Crippen LogP contribution >= 0.6 is 11.3 Å². The van der Waals surface area contributed by atoms with Gasteiger partial charge in [-0.1, -0.05) is 6.07 Å². The third-order valence-electron chi connectivity index (χ3n) is 1.94. The van der Waals surface area contributed by atoms with Gasteiger partial charge in [-0.2, -0.15) is 0 Å². The van der Waals surface area contributed by atoms with Crippen molar-refractivity contribution in [3.8, 4) is 0 Å². The van der Waals surface area contributed by atoms with Crippen LogP contribution in [-0.2, 0) is 9.53 Å². The zero-order valence-electron chi connectivity index (χ0n) is 10.2. The standard InChI is InChI=1S/C12H19NO2S/c1-9(10-6-5-7-16-10)13-8-11(14)15-12(2,3)4/h5-7,9,13H,8H2,1-4H3/t9-/m0/s1. The smallest absolute Gasteiger partial charge is 0.320 e. The van der Waals surface area contributed by atoms with E-state index in [0.29, 0.717) is 0 Å². The number of hydrogen-bond donors (Lipinski definition) is 1. The van der Waals surface area contributed by atoms with Crippen LogP contribution in [0.4, 0.5) is 0 Å². The molecule has 0 spiro atoms. The minimum atomic E-state index is -0.412. The molecule has 0 amide bonds. The van der Waals surface area contributed by atoms with E-state index in [9.17, 15) is 4.79 Å². The maximum Gasteiger partial charge on any atom is 0.320 e. The van der Waals surface area contributed by atoms with Gasteiger partial charge in [0.15, 0.2) is 0 Å². The highest BCUT2D eigenvalue weighted by molar-refractivity contribution is 7.10. The summed E-state index contributed by atoms with van der Waals surface area (Å²) in [6, 6.07) is 4.25. The summed E-state index contributed by atoms with van der Waals surface area (Å²) in [5.74, 6) is -0.212. The van der Waals surface area contributed by atoms with Crippen LogP contribution in [-0.4, -0.2) is 18.1 Å². The van der Waals surface area contributed by atoms with Crippen LogP contribution in [0, 0.1) is 0 Å². The lowest BCUT2D eigenvalue weighted by atomic mass is 10.2. The number of rotatable bonds is 4. The van der Waals surface area contributed by atoms with Crippen LogP contribution < -0.4 is 5.32 Å². The lowest BCUT2D eigenvalue weighted by Crippen LogP contribution is -2.32. The van der Waals surface area contributed by atoms with Gasteiger partial charge in [0.05, 0.1) is 6.54 Å². The van der Waals surface area contributed by atoms with Gasteiger partial charge < -0.3 is 4.74 Å². The molecule has 1 atom stereocenters. The zero-order valence-corrected chi connectivity index (χ0v) is 11.1. The fourth-order valence-corrected chi connectivity index (χ4v) is 2.01. The molecule has 0 unspecified atom stereocenters. The van der Waals surface area contributed by atoms with Crippen molar-refractivity contribution in [3.05, 3.63) is 22.4 Å². The Morgan fingerprint density at radius 2 is 2.25 bits per heavy atom. The van der Waals surface area contributed by atoms with Gasteiger partial charge >= 0.3 is 5.97 Å². The number of thiophene rings is 1. The normalized spacial score (nSPS) is 13.5. The lowest BCUT2D eigenvalue weighted by Gasteiger charge is -2.20. The van der Waals surface area contributed by atoms with Gasteiger partial charge in [0.2, 0.25) is 0 Å². The molecule has 0 aliphatic heterocycles. The number of ether oxygens (including phenoxy) is 1. The molecule has 0 bridgehead atoms. The largest absolute Gasteiger partial charge is 0.459 e. The first-order valence-electron chi connectivity index (χ1n) is 5.37. The fraction of sp³-hybridized carbons (Fsp3) is 0.583. The molecule has 1 N–H and O–H groups in total. The van der Waals surface area contributed by atoms with E-state index in [0.717, 1.165) is 0 Å². The van der Waals surface area contributed by atoms with Crippen molar-refractivity contribution >= 4 is 17.3 Å². The molecule has 1 rings (SSSR count). The Bertz CT molecular complexity index is 327. The summed E-state index contributed by atoms with van der Waals surface area (Å²) in [6.07, 6.45) is 0. The highest BCUT2D eigenvalue weighted by Crippen LogP contribution is 2.17. The average Bonchev–Trinajstić information content (AvgIpc) is 2.64. The average molecular weight is 241 g/mol. The summed E-state index contributed by atoms with van der Waals surface area (Å²) in [7, 11) is 0. The van der Waals surface area contributed by atoms with Crippen LogP contribution in [0.3, 0.4) is 0 Å². The molecule has 0 fully saturated rings. The summed E-state index contributed by atoms with van der Waals surface area (Å²) in [6.45, 7) is 7.89. The molecule has 0 saturated carbocycles. The Labute approximate surface area is 101 Å². The summed E-state index contributed by atoms with van der Waals surface area (Å²) >= 11 is 1.68. The molecular weight excluding hydrogens is 222 g/mol. The molecule has 0 saturated heterocycles. The van der Waals surface area contributed by atoms with Crippen LogP contribution in [0.2, 0.25) is 0 Å². The molecular formula is C12H19NO2S. The molecule has 3 nitrogen and oxygen atoms in total. The molecule has 0 aliphatic carbocycles. The third-order valence-corrected chi connectivity index (χ3v) is 3.00. The predicted molar refractivity (Wildman–Crippen MR) is 66.6 cm³/mol. The van der Waals surface area contributed by atoms with Crippen molar-refractivity contribution in [2.24, 2.45) is 0 Å². The fourth-order valence-electron chi connectivity index (χ4n) is 1.25. The Morgan fingerprint density at radius 1 is 1.56 bits per heavy atom. The molecule has 0 radical (unpaired) electrons. The number of esters is 1. The maximum absolute atomic E-state index is 11.5. The van der Waals surface area contributed by atoms with Crippen LogP contribution in [0.25, 0.3) is 0 Å². The number of hydrogen-bond acceptors (Lipinski definition) is 4. The molecule has 1 aromatic rings. The second-order valence-electron chi connectivity index (χ2n) is 4.70. The van der Waals surface area contributed by atoms with Crippen molar-refractivity contribution < 1.29 is 9.53 Å². The first kappa shape index (κ1) is 13.2. The molecule has 16 heavy (non-hydrogen) atoms. The van der Waals surface area contributed by atoms with E-state index in [-0.39, 0.29) is 18.6 Å². The van der Waals surface area contributed by atoms with Gasteiger partial charge in [0.25, 0.3) is 0 Å². The third kappa shape index (κ3) is 4.77. The summed E-state index contributed by atoms with van der Waals surface area (Å²) < 4.78 is 5.21. The Morgan fingerprint density at radius 3 is 2.75 bits per heavy atom. The van der Waals surface area contributed by atoms with Gasteiger partial charge in [-0.3, -0.25) is 10.1 Å². The lowest BCUT2D eigenvalue weighted by molar-refractivity contribution is -0.153. The van der Waals surface area contributed by atoms with E-state index in [4.69, 9.17) is 4.74 Å². The van der Waals surface area contributed by atoms with E-state index < -0.39 is 5.60 Å². The molecule has 0 aromatic carbocycles. The summed E-state index contributed by atoms with van der Waals surface area (Å²) in [5.41, 5.74) is -0.412. The Kier molecular flexibility index (Phi) is 4.50. The van der Waals surface area contributed by atoms with E-state index in [1.807, 2.05) is 39.1 Å². The van der Waals surface area contributed by atoms with Crippen molar-refractivity contribution in [1.82, 2.24) is 5.32 Å². The minimum Gasteiger partial charge on any atom is -0.459 e. The van der Waals surface area contributed by atoms with Gasteiger partial charge in [0, 0.05) is 10.9 Å². The van der Waals surface area contributed by atoms with Crippen LogP contribution in [0.15, 0.2) is 17.5 Å². The van der Waals surface area contributed by atoms with Crippen molar-refractivity contribution in [3.63, 3.8) is 0 Å². The quantitative estimate of drug-likeness (QED) is 0.824. The monoisotopic (exact) mass is 241 g/mol. The number of carbonyl (C=O) groups excluding carboxylic acids is 1. The second kappa shape index (κ2) is 5.46. The molecule has 90 valence electrons. The van der Waals surface area contributed by atoms with Crippen molar-refractivity contribution in [1.29, 1.82) is 0 Å². The van der Waals surface area contributed by atoms with Gasteiger partial charge in [0.1, 0.15) is 5.60 Å². The van der Waals surface area contributed by atoms with Crippen LogP contribution in [0.5, 0.6) is 0 Å². The SMILES string of the molecule is C[C@H](NCC(=O)OC(C)(C)C)c1cccs1. The zero-order chi connectivity index (χ0) is 12.2. The number of nitrogens with one attached hydrogen (secondary N) is 1.